The molecule has 0 aliphatic carbocycles. The maximum absolute atomic E-state index is 13.3. The number of halogens is 2. The summed E-state index contributed by atoms with van der Waals surface area (Å²) in [7, 11) is 1.56. The quantitative estimate of drug-likeness (QED) is 0.420. The first-order valence-electron chi connectivity index (χ1n) is 9.73. The Bertz CT molecular complexity index is 1310. The van der Waals surface area contributed by atoms with E-state index in [0.29, 0.717) is 33.7 Å². The first-order valence-corrected chi connectivity index (χ1v) is 10.5. The van der Waals surface area contributed by atoms with Gasteiger partial charge in [0.1, 0.15) is 11.3 Å². The second-order valence-electron chi connectivity index (χ2n) is 7.05. The smallest absolute Gasteiger partial charge is 0.284 e. The monoisotopic (exact) mass is 467 g/mol. The van der Waals surface area contributed by atoms with Gasteiger partial charge in [-0.05, 0) is 66.2 Å². The van der Waals surface area contributed by atoms with Crippen molar-refractivity contribution in [1.82, 2.24) is 9.36 Å². The fraction of sp³-hybridized carbons (Fsp3) is 0.0833. The van der Waals surface area contributed by atoms with Gasteiger partial charge in [-0.3, -0.25) is 14.3 Å². The molecule has 1 aromatic heterocycles. The Hall–Kier alpha value is -3.48. The predicted molar refractivity (Wildman–Crippen MR) is 127 cm³/mol. The van der Waals surface area contributed by atoms with Gasteiger partial charge in [-0.25, -0.2) is 4.68 Å². The lowest BCUT2D eigenvalue weighted by Crippen LogP contribution is -2.26. The van der Waals surface area contributed by atoms with Crippen LogP contribution in [0.1, 0.15) is 15.9 Å². The summed E-state index contributed by atoms with van der Waals surface area (Å²) in [5, 5.41) is 3.90. The van der Waals surface area contributed by atoms with E-state index in [2.05, 4.69) is 5.32 Å². The number of rotatable bonds is 6. The molecule has 0 radical (unpaired) electrons. The molecule has 6 nitrogen and oxygen atoms in total. The van der Waals surface area contributed by atoms with Crippen molar-refractivity contribution in [3.63, 3.8) is 0 Å². The number of amides is 1. The minimum Gasteiger partial charge on any atom is -0.497 e. The zero-order valence-corrected chi connectivity index (χ0v) is 18.6. The van der Waals surface area contributed by atoms with Crippen LogP contribution in [0, 0.1) is 0 Å². The van der Waals surface area contributed by atoms with Crippen LogP contribution in [-0.2, 0) is 6.54 Å². The molecule has 0 unspecified atom stereocenters. The Morgan fingerprint density at radius 3 is 2.34 bits per heavy atom. The van der Waals surface area contributed by atoms with E-state index in [-0.39, 0.29) is 5.56 Å². The maximum atomic E-state index is 13.3. The van der Waals surface area contributed by atoms with E-state index >= 15 is 0 Å². The number of anilines is 1. The van der Waals surface area contributed by atoms with E-state index in [0.717, 1.165) is 5.56 Å². The van der Waals surface area contributed by atoms with Crippen LogP contribution in [0.5, 0.6) is 5.75 Å². The number of carbonyl (C=O) groups is 1. The number of nitrogens with one attached hydrogen (secondary N) is 1. The second kappa shape index (κ2) is 9.34. The second-order valence-corrected chi connectivity index (χ2v) is 7.92. The van der Waals surface area contributed by atoms with Crippen molar-refractivity contribution in [2.24, 2.45) is 0 Å². The molecular weight excluding hydrogens is 449 g/mol. The van der Waals surface area contributed by atoms with Crippen molar-refractivity contribution in [1.29, 1.82) is 0 Å². The lowest BCUT2D eigenvalue weighted by molar-refractivity contribution is 0.102. The van der Waals surface area contributed by atoms with Gasteiger partial charge in [-0.2, -0.15) is 0 Å². The molecule has 4 rings (SSSR count). The standard InChI is InChI=1S/C24H19Cl2N3O3/c1-32-21-11-7-19(8-12-21)27-23(30)22-15-28(14-16-3-2-4-18(26)13-16)29(24(22)31)20-9-5-17(25)6-10-20/h2-13,15H,14H2,1H3,(H,27,30). The Kier molecular flexibility index (Phi) is 6.35. The van der Waals surface area contributed by atoms with Crippen molar-refractivity contribution in [2.75, 3.05) is 12.4 Å². The van der Waals surface area contributed by atoms with Crippen LogP contribution < -0.4 is 15.6 Å². The maximum Gasteiger partial charge on any atom is 0.284 e. The van der Waals surface area contributed by atoms with Gasteiger partial charge in [-0.15, -0.1) is 0 Å². The molecule has 0 aliphatic rings. The van der Waals surface area contributed by atoms with Crippen molar-refractivity contribution in [2.45, 2.75) is 6.54 Å². The van der Waals surface area contributed by atoms with Gasteiger partial charge in [0.2, 0.25) is 0 Å². The molecule has 3 aromatic carbocycles. The first-order chi connectivity index (χ1) is 15.4. The van der Waals surface area contributed by atoms with Crippen molar-refractivity contribution >= 4 is 34.8 Å². The van der Waals surface area contributed by atoms with Gasteiger partial charge in [0.25, 0.3) is 11.5 Å². The average molecular weight is 468 g/mol. The van der Waals surface area contributed by atoms with E-state index in [1.807, 2.05) is 18.2 Å². The Morgan fingerprint density at radius 1 is 0.969 bits per heavy atom. The minimum absolute atomic E-state index is 0.0118. The third kappa shape index (κ3) is 4.72. The number of aromatic nitrogens is 2. The third-order valence-electron chi connectivity index (χ3n) is 4.86. The van der Waals surface area contributed by atoms with Gasteiger partial charge in [0.05, 0.1) is 19.3 Å². The summed E-state index contributed by atoms with van der Waals surface area (Å²) < 4.78 is 8.26. The summed E-state index contributed by atoms with van der Waals surface area (Å²) in [4.78, 5) is 26.2. The molecule has 0 atom stereocenters. The van der Waals surface area contributed by atoms with Crippen LogP contribution >= 0.6 is 23.2 Å². The number of nitrogens with zero attached hydrogens (tertiary/aromatic N) is 2. The number of benzene rings is 3. The molecule has 0 fully saturated rings. The summed E-state index contributed by atoms with van der Waals surface area (Å²) in [6.07, 6.45) is 1.54. The van der Waals surface area contributed by atoms with E-state index in [9.17, 15) is 9.59 Å². The van der Waals surface area contributed by atoms with Crippen molar-refractivity contribution in [3.05, 3.63) is 111 Å². The van der Waals surface area contributed by atoms with Gasteiger partial charge < -0.3 is 10.1 Å². The highest BCUT2D eigenvalue weighted by Gasteiger charge is 2.19. The largest absolute Gasteiger partial charge is 0.497 e. The van der Waals surface area contributed by atoms with E-state index < -0.39 is 11.5 Å². The molecule has 1 N–H and O–H groups in total. The van der Waals surface area contributed by atoms with Crippen molar-refractivity contribution < 1.29 is 9.53 Å². The molecule has 8 heteroatoms. The molecule has 0 aliphatic heterocycles. The minimum atomic E-state index is -0.507. The van der Waals surface area contributed by atoms with Crippen molar-refractivity contribution in [3.8, 4) is 11.4 Å². The zero-order chi connectivity index (χ0) is 22.7. The van der Waals surface area contributed by atoms with E-state index in [4.69, 9.17) is 27.9 Å². The van der Waals surface area contributed by atoms with Crippen LogP contribution in [0.3, 0.4) is 0 Å². The molecule has 1 heterocycles. The summed E-state index contributed by atoms with van der Waals surface area (Å²) >= 11 is 12.1. The number of hydrogen-bond donors (Lipinski definition) is 1. The fourth-order valence-electron chi connectivity index (χ4n) is 3.31. The fourth-order valence-corrected chi connectivity index (χ4v) is 3.65. The van der Waals surface area contributed by atoms with E-state index in [1.165, 1.54) is 10.9 Å². The predicted octanol–water partition coefficient (Wildman–Crippen LogP) is 5.26. The highest BCUT2D eigenvalue weighted by Crippen LogP contribution is 2.18. The number of carbonyl (C=O) groups excluding carboxylic acids is 1. The van der Waals surface area contributed by atoms with Gasteiger partial charge in [0, 0.05) is 21.9 Å². The Balaban J connectivity index is 1.73. The first kappa shape index (κ1) is 21.7. The summed E-state index contributed by atoms with van der Waals surface area (Å²) in [6.45, 7) is 0.342. The Labute approximate surface area is 194 Å². The summed E-state index contributed by atoms with van der Waals surface area (Å²) in [6, 6.07) is 21.0. The van der Waals surface area contributed by atoms with Gasteiger partial charge in [-0.1, -0.05) is 35.3 Å². The lowest BCUT2D eigenvalue weighted by Gasteiger charge is -2.12. The Morgan fingerprint density at radius 2 is 1.69 bits per heavy atom. The van der Waals surface area contributed by atoms with Crippen LogP contribution in [0.15, 0.2) is 83.8 Å². The van der Waals surface area contributed by atoms with Crippen LogP contribution in [0.2, 0.25) is 10.0 Å². The van der Waals surface area contributed by atoms with Crippen LogP contribution in [0.4, 0.5) is 5.69 Å². The van der Waals surface area contributed by atoms with E-state index in [1.54, 1.807) is 66.4 Å². The molecular formula is C24H19Cl2N3O3. The molecule has 32 heavy (non-hydrogen) atoms. The molecule has 162 valence electrons. The molecule has 4 aromatic rings. The lowest BCUT2D eigenvalue weighted by atomic mass is 10.2. The third-order valence-corrected chi connectivity index (χ3v) is 5.34. The zero-order valence-electron chi connectivity index (χ0n) is 17.1. The van der Waals surface area contributed by atoms with Gasteiger partial charge in [0.15, 0.2) is 0 Å². The number of hydrogen-bond acceptors (Lipinski definition) is 3. The molecule has 1 amide bonds. The van der Waals surface area contributed by atoms with Crippen LogP contribution in [0.25, 0.3) is 5.69 Å². The summed E-state index contributed by atoms with van der Waals surface area (Å²) in [5.74, 6) is 0.161. The molecule has 0 bridgehead atoms. The normalized spacial score (nSPS) is 10.7. The molecule has 0 saturated heterocycles. The van der Waals surface area contributed by atoms with Crippen LogP contribution in [-0.4, -0.2) is 22.4 Å². The highest BCUT2D eigenvalue weighted by molar-refractivity contribution is 6.30. The summed E-state index contributed by atoms with van der Waals surface area (Å²) in [5.41, 5.74) is 1.59. The molecule has 0 spiro atoms. The SMILES string of the molecule is COc1ccc(NC(=O)c2cn(Cc3cccc(Cl)c3)n(-c3ccc(Cl)cc3)c2=O)cc1. The molecule has 0 saturated carbocycles. The van der Waals surface area contributed by atoms with Gasteiger partial charge >= 0.3 is 0 Å². The topological polar surface area (TPSA) is 65.3 Å². The number of methoxy groups -OCH3 is 1. The highest BCUT2D eigenvalue weighted by atomic mass is 35.5. The average Bonchev–Trinajstić information content (AvgIpc) is 3.11. The number of ether oxygens (including phenoxy) is 1.